The van der Waals surface area contributed by atoms with Crippen molar-refractivity contribution in [3.05, 3.63) is 75.3 Å². The second kappa shape index (κ2) is 5.80. The predicted molar refractivity (Wildman–Crippen MR) is 82.5 cm³/mol. The van der Waals surface area contributed by atoms with Crippen LogP contribution in [0.2, 0.25) is 0 Å². The number of amides is 1. The Bertz CT molecular complexity index is 841. The quantitative estimate of drug-likeness (QED) is 0.694. The van der Waals surface area contributed by atoms with E-state index < -0.39 is 10.8 Å². The van der Waals surface area contributed by atoms with E-state index in [1.165, 1.54) is 24.3 Å². The molecule has 0 atom stereocenters. The van der Waals surface area contributed by atoms with Crippen molar-refractivity contribution in [1.82, 2.24) is 5.43 Å². The molecule has 0 bridgehead atoms. The van der Waals surface area contributed by atoms with Crippen molar-refractivity contribution in [3.8, 4) is 0 Å². The van der Waals surface area contributed by atoms with Gasteiger partial charge in [0.15, 0.2) is 5.78 Å². The van der Waals surface area contributed by atoms with Gasteiger partial charge < -0.3 is 0 Å². The second-order valence-corrected chi connectivity index (χ2v) is 4.95. The standard InChI is InChI=1S/C16H11N3O4/c20-15-9-14(12-3-1-2-4-13(12)15)17-18-16(21)10-5-7-11(8-6-10)19(22)23/h1-8H,9H2,(H,18,21)/b17-14+. The molecule has 0 aliphatic heterocycles. The molecule has 3 rings (SSSR count). The van der Waals surface area contributed by atoms with Gasteiger partial charge in [0.25, 0.3) is 11.6 Å². The summed E-state index contributed by atoms with van der Waals surface area (Å²) in [6.45, 7) is 0. The number of rotatable bonds is 3. The van der Waals surface area contributed by atoms with E-state index in [1.807, 2.05) is 0 Å². The van der Waals surface area contributed by atoms with Gasteiger partial charge >= 0.3 is 0 Å². The van der Waals surface area contributed by atoms with Crippen molar-refractivity contribution in [3.63, 3.8) is 0 Å². The SMILES string of the molecule is O=C(N/N=C1\CC(=O)c2ccccc21)c1ccc([N+](=O)[O-])cc1. The summed E-state index contributed by atoms with van der Waals surface area (Å²) in [6.07, 6.45) is 0.139. The molecule has 0 unspecified atom stereocenters. The molecule has 0 fully saturated rings. The molecule has 114 valence electrons. The Labute approximate surface area is 130 Å². The second-order valence-electron chi connectivity index (χ2n) is 4.95. The summed E-state index contributed by atoms with van der Waals surface area (Å²) in [5.74, 6) is -0.534. The maximum absolute atomic E-state index is 12.0. The maximum Gasteiger partial charge on any atom is 0.271 e. The summed E-state index contributed by atoms with van der Waals surface area (Å²) in [5.41, 5.74) is 4.34. The molecule has 2 aromatic carbocycles. The summed E-state index contributed by atoms with van der Waals surface area (Å²) < 4.78 is 0. The van der Waals surface area contributed by atoms with Crippen LogP contribution in [0.4, 0.5) is 5.69 Å². The number of nitrogens with one attached hydrogen (secondary N) is 1. The Balaban J connectivity index is 1.77. The Morgan fingerprint density at radius 3 is 2.39 bits per heavy atom. The fraction of sp³-hybridized carbons (Fsp3) is 0.0625. The number of fused-ring (bicyclic) bond motifs is 1. The van der Waals surface area contributed by atoms with Crippen molar-refractivity contribution in [2.24, 2.45) is 5.10 Å². The molecule has 23 heavy (non-hydrogen) atoms. The lowest BCUT2D eigenvalue weighted by Gasteiger charge is -2.02. The minimum absolute atomic E-state index is 0.0380. The largest absolute Gasteiger partial charge is 0.294 e. The number of hydrogen-bond acceptors (Lipinski definition) is 5. The molecule has 2 aromatic rings. The number of Topliss-reactive ketones (excluding diaryl/α,β-unsaturated/α-hetero) is 1. The number of hydrogen-bond donors (Lipinski definition) is 1. The van der Waals surface area contributed by atoms with E-state index in [0.717, 1.165) is 0 Å². The molecule has 1 aliphatic rings. The number of nitrogens with zero attached hydrogens (tertiary/aromatic N) is 2. The molecular weight excluding hydrogens is 298 g/mol. The molecule has 0 heterocycles. The van der Waals surface area contributed by atoms with Crippen LogP contribution in [0.15, 0.2) is 53.6 Å². The van der Waals surface area contributed by atoms with Gasteiger partial charge in [0.2, 0.25) is 0 Å². The number of nitro benzene ring substituents is 1. The van der Waals surface area contributed by atoms with E-state index in [2.05, 4.69) is 10.5 Å². The average molecular weight is 309 g/mol. The number of carbonyl (C=O) groups is 2. The van der Waals surface area contributed by atoms with Crippen molar-refractivity contribution in [2.45, 2.75) is 6.42 Å². The maximum atomic E-state index is 12.0. The van der Waals surface area contributed by atoms with Crippen LogP contribution in [0.25, 0.3) is 0 Å². The summed E-state index contributed by atoms with van der Waals surface area (Å²) in [5, 5.41) is 14.6. The lowest BCUT2D eigenvalue weighted by molar-refractivity contribution is -0.384. The predicted octanol–water partition coefficient (Wildman–Crippen LogP) is 2.32. The fourth-order valence-corrected chi connectivity index (χ4v) is 2.34. The number of ketones is 1. The average Bonchev–Trinajstić information content (AvgIpc) is 2.89. The molecule has 0 saturated carbocycles. The van der Waals surface area contributed by atoms with E-state index >= 15 is 0 Å². The van der Waals surface area contributed by atoms with Crippen LogP contribution >= 0.6 is 0 Å². The molecule has 0 radical (unpaired) electrons. The molecular formula is C16H11N3O4. The molecule has 0 saturated heterocycles. The van der Waals surface area contributed by atoms with Crippen LogP contribution in [0.5, 0.6) is 0 Å². The van der Waals surface area contributed by atoms with Gasteiger partial charge in [-0.2, -0.15) is 5.10 Å². The highest BCUT2D eigenvalue weighted by Crippen LogP contribution is 2.22. The first-order valence-electron chi connectivity index (χ1n) is 6.80. The highest BCUT2D eigenvalue weighted by Gasteiger charge is 2.25. The van der Waals surface area contributed by atoms with Crippen LogP contribution in [-0.2, 0) is 0 Å². The van der Waals surface area contributed by atoms with E-state index in [0.29, 0.717) is 16.8 Å². The van der Waals surface area contributed by atoms with E-state index in [1.54, 1.807) is 24.3 Å². The lowest BCUT2D eigenvalue weighted by Crippen LogP contribution is -2.19. The van der Waals surface area contributed by atoms with Gasteiger partial charge in [-0.3, -0.25) is 19.7 Å². The van der Waals surface area contributed by atoms with E-state index in [9.17, 15) is 19.7 Å². The van der Waals surface area contributed by atoms with E-state index in [4.69, 9.17) is 0 Å². The Hall–Kier alpha value is -3.35. The van der Waals surface area contributed by atoms with Gasteiger partial charge in [-0.05, 0) is 12.1 Å². The summed E-state index contributed by atoms with van der Waals surface area (Å²) in [6, 6.07) is 12.3. The Morgan fingerprint density at radius 1 is 1.09 bits per heavy atom. The number of nitro groups is 1. The summed E-state index contributed by atoms with van der Waals surface area (Å²) in [4.78, 5) is 33.9. The number of hydrazone groups is 1. The molecule has 7 heteroatoms. The third kappa shape index (κ3) is 2.84. The van der Waals surface area contributed by atoms with Crippen molar-refractivity contribution >= 4 is 23.1 Å². The number of non-ortho nitro benzene ring substituents is 1. The van der Waals surface area contributed by atoms with Gasteiger partial charge in [-0.15, -0.1) is 0 Å². The Morgan fingerprint density at radius 2 is 1.74 bits per heavy atom. The van der Waals surface area contributed by atoms with Crippen molar-refractivity contribution in [2.75, 3.05) is 0 Å². The highest BCUT2D eigenvalue weighted by molar-refractivity contribution is 6.26. The minimum atomic E-state index is -0.539. The summed E-state index contributed by atoms with van der Waals surface area (Å²) in [7, 11) is 0. The third-order valence-electron chi connectivity index (χ3n) is 3.50. The first-order chi connectivity index (χ1) is 11.1. The van der Waals surface area contributed by atoms with Crippen LogP contribution in [-0.4, -0.2) is 22.3 Å². The minimum Gasteiger partial charge on any atom is -0.294 e. The molecule has 0 spiro atoms. The van der Waals surface area contributed by atoms with Crippen LogP contribution in [0.3, 0.4) is 0 Å². The zero-order valence-corrected chi connectivity index (χ0v) is 11.9. The number of carbonyl (C=O) groups excluding carboxylic acids is 2. The monoisotopic (exact) mass is 309 g/mol. The summed E-state index contributed by atoms with van der Waals surface area (Å²) >= 11 is 0. The molecule has 1 amide bonds. The normalized spacial score (nSPS) is 14.6. The molecule has 1 aliphatic carbocycles. The smallest absolute Gasteiger partial charge is 0.271 e. The molecule has 7 nitrogen and oxygen atoms in total. The van der Waals surface area contributed by atoms with Gasteiger partial charge in [0.05, 0.1) is 17.1 Å². The van der Waals surface area contributed by atoms with E-state index in [-0.39, 0.29) is 23.5 Å². The van der Waals surface area contributed by atoms with Gasteiger partial charge in [0, 0.05) is 28.8 Å². The topological polar surface area (TPSA) is 102 Å². The Kier molecular flexibility index (Phi) is 3.68. The van der Waals surface area contributed by atoms with Crippen LogP contribution in [0, 0.1) is 10.1 Å². The van der Waals surface area contributed by atoms with Gasteiger partial charge in [-0.1, -0.05) is 24.3 Å². The van der Waals surface area contributed by atoms with Crippen molar-refractivity contribution in [1.29, 1.82) is 0 Å². The van der Waals surface area contributed by atoms with Crippen LogP contribution < -0.4 is 5.43 Å². The highest BCUT2D eigenvalue weighted by atomic mass is 16.6. The zero-order valence-electron chi connectivity index (χ0n) is 11.9. The van der Waals surface area contributed by atoms with Gasteiger partial charge in [0.1, 0.15) is 0 Å². The molecule has 1 N–H and O–H groups in total. The fourth-order valence-electron chi connectivity index (χ4n) is 2.34. The first-order valence-corrected chi connectivity index (χ1v) is 6.80. The molecule has 0 aromatic heterocycles. The zero-order chi connectivity index (χ0) is 16.4. The van der Waals surface area contributed by atoms with Gasteiger partial charge in [-0.25, -0.2) is 5.43 Å². The van der Waals surface area contributed by atoms with Crippen LogP contribution in [0.1, 0.15) is 32.7 Å². The number of benzene rings is 2. The third-order valence-corrected chi connectivity index (χ3v) is 3.50. The lowest BCUT2D eigenvalue weighted by atomic mass is 10.1. The first kappa shape index (κ1) is 14.6. The van der Waals surface area contributed by atoms with Crippen molar-refractivity contribution < 1.29 is 14.5 Å².